The smallest absolute Gasteiger partial charge is 0.196 e. The topological polar surface area (TPSA) is 47.0 Å². The molecule has 1 heterocycles. The van der Waals surface area contributed by atoms with Gasteiger partial charge in [-0.25, -0.2) is 4.98 Å². The Hall–Kier alpha value is -2.26. The van der Waals surface area contributed by atoms with Crippen LogP contribution in [0.4, 0.5) is 0 Å². The van der Waals surface area contributed by atoms with Gasteiger partial charge < -0.3 is 0 Å². The second-order valence-corrected chi connectivity index (χ2v) is 4.53. The maximum atomic E-state index is 12.4. The van der Waals surface area contributed by atoms with Gasteiger partial charge in [-0.05, 0) is 18.2 Å². The number of aromatic nitrogens is 1. The average molecular weight is 270 g/mol. The first-order valence-corrected chi connectivity index (χ1v) is 6.07. The standard InChI is InChI=1S/C15H8ClNO2/c16-14-7-3-6-12(17-14)11-8-13(18)9-4-1-2-5-10(9)15(11)19/h1-8H. The zero-order valence-corrected chi connectivity index (χ0v) is 10.5. The van der Waals surface area contributed by atoms with Crippen LogP contribution in [0.25, 0.3) is 5.57 Å². The summed E-state index contributed by atoms with van der Waals surface area (Å²) >= 11 is 5.81. The van der Waals surface area contributed by atoms with Crippen LogP contribution in [-0.4, -0.2) is 16.6 Å². The van der Waals surface area contributed by atoms with Gasteiger partial charge in [-0.3, -0.25) is 9.59 Å². The minimum atomic E-state index is -0.204. The number of carbonyl (C=O) groups excluding carboxylic acids is 2. The summed E-state index contributed by atoms with van der Waals surface area (Å²) in [5.74, 6) is -0.392. The van der Waals surface area contributed by atoms with E-state index in [1.54, 1.807) is 42.5 Å². The van der Waals surface area contributed by atoms with E-state index in [9.17, 15) is 9.59 Å². The zero-order chi connectivity index (χ0) is 13.4. The lowest BCUT2D eigenvalue weighted by atomic mass is 9.88. The Balaban J connectivity index is 2.16. The highest BCUT2D eigenvalue weighted by Gasteiger charge is 2.26. The molecule has 1 aromatic carbocycles. The summed E-state index contributed by atoms with van der Waals surface area (Å²) in [6.45, 7) is 0. The Morgan fingerprint density at radius 2 is 1.63 bits per heavy atom. The normalized spacial score (nSPS) is 14.1. The van der Waals surface area contributed by atoms with Crippen LogP contribution < -0.4 is 0 Å². The molecule has 0 aliphatic heterocycles. The number of benzene rings is 1. The van der Waals surface area contributed by atoms with Crippen molar-refractivity contribution in [2.75, 3.05) is 0 Å². The lowest BCUT2D eigenvalue weighted by Gasteiger charge is -2.14. The van der Waals surface area contributed by atoms with Crippen LogP contribution in [0, 0.1) is 0 Å². The number of hydrogen-bond acceptors (Lipinski definition) is 3. The van der Waals surface area contributed by atoms with E-state index in [0.717, 1.165) is 0 Å². The van der Waals surface area contributed by atoms with E-state index in [2.05, 4.69) is 4.98 Å². The maximum absolute atomic E-state index is 12.4. The molecule has 0 atom stereocenters. The molecular weight excluding hydrogens is 262 g/mol. The van der Waals surface area contributed by atoms with E-state index in [-0.39, 0.29) is 22.3 Å². The number of fused-ring (bicyclic) bond motifs is 1. The van der Waals surface area contributed by atoms with Crippen molar-refractivity contribution in [2.45, 2.75) is 0 Å². The van der Waals surface area contributed by atoms with Crippen molar-refractivity contribution >= 4 is 28.7 Å². The van der Waals surface area contributed by atoms with E-state index in [1.807, 2.05) is 0 Å². The van der Waals surface area contributed by atoms with Crippen molar-refractivity contribution in [1.29, 1.82) is 0 Å². The van der Waals surface area contributed by atoms with E-state index in [0.29, 0.717) is 16.8 Å². The molecule has 3 nitrogen and oxygen atoms in total. The predicted octanol–water partition coefficient (Wildman–Crippen LogP) is 3.20. The largest absolute Gasteiger partial charge is 0.289 e. The first-order chi connectivity index (χ1) is 9.16. The van der Waals surface area contributed by atoms with Crippen LogP contribution in [0.5, 0.6) is 0 Å². The van der Waals surface area contributed by atoms with Gasteiger partial charge in [-0.2, -0.15) is 0 Å². The Kier molecular flexibility index (Phi) is 2.76. The van der Waals surface area contributed by atoms with E-state index in [1.165, 1.54) is 6.08 Å². The molecule has 0 unspecified atom stereocenters. The van der Waals surface area contributed by atoms with Crippen molar-refractivity contribution in [3.63, 3.8) is 0 Å². The third kappa shape index (κ3) is 1.98. The molecule has 0 fully saturated rings. The minimum absolute atomic E-state index is 0.188. The maximum Gasteiger partial charge on any atom is 0.196 e. The van der Waals surface area contributed by atoms with Crippen LogP contribution in [0.15, 0.2) is 48.5 Å². The molecule has 2 aromatic rings. The molecule has 0 N–H and O–H groups in total. The van der Waals surface area contributed by atoms with Gasteiger partial charge in [-0.1, -0.05) is 41.9 Å². The number of rotatable bonds is 1. The summed E-state index contributed by atoms with van der Waals surface area (Å²) in [5.41, 5.74) is 1.54. The highest BCUT2D eigenvalue weighted by atomic mass is 35.5. The third-order valence-electron chi connectivity index (χ3n) is 2.95. The highest BCUT2D eigenvalue weighted by Crippen LogP contribution is 2.27. The molecule has 0 saturated carbocycles. The van der Waals surface area contributed by atoms with Gasteiger partial charge in [-0.15, -0.1) is 0 Å². The quantitative estimate of drug-likeness (QED) is 0.747. The summed E-state index contributed by atoms with van der Waals surface area (Å²) < 4.78 is 0. The fourth-order valence-electron chi connectivity index (χ4n) is 2.06. The van der Waals surface area contributed by atoms with Gasteiger partial charge in [0, 0.05) is 11.1 Å². The third-order valence-corrected chi connectivity index (χ3v) is 3.16. The van der Waals surface area contributed by atoms with Crippen LogP contribution >= 0.6 is 11.6 Å². The van der Waals surface area contributed by atoms with Gasteiger partial charge in [0.15, 0.2) is 11.6 Å². The SMILES string of the molecule is O=C1C=C(c2cccc(Cl)n2)C(=O)c2ccccc21. The summed E-state index contributed by atoms with van der Waals surface area (Å²) in [4.78, 5) is 28.5. The first kappa shape index (κ1) is 11.8. The van der Waals surface area contributed by atoms with Crippen molar-refractivity contribution < 1.29 is 9.59 Å². The van der Waals surface area contributed by atoms with Gasteiger partial charge in [0.25, 0.3) is 0 Å². The molecule has 3 rings (SSSR count). The summed E-state index contributed by atoms with van der Waals surface area (Å²) in [6.07, 6.45) is 1.32. The van der Waals surface area contributed by atoms with Crippen molar-refractivity contribution in [1.82, 2.24) is 4.98 Å². The highest BCUT2D eigenvalue weighted by molar-refractivity contribution is 6.38. The summed E-state index contributed by atoms with van der Waals surface area (Å²) in [5, 5.41) is 0.289. The van der Waals surface area contributed by atoms with Crippen LogP contribution in [-0.2, 0) is 0 Å². The Morgan fingerprint density at radius 3 is 2.37 bits per heavy atom. The molecule has 1 aliphatic carbocycles. The first-order valence-electron chi connectivity index (χ1n) is 5.69. The lowest BCUT2D eigenvalue weighted by molar-refractivity contribution is 0.100. The fraction of sp³-hybridized carbons (Fsp3) is 0. The number of nitrogens with zero attached hydrogens (tertiary/aromatic N) is 1. The molecule has 0 saturated heterocycles. The molecule has 1 aliphatic rings. The molecule has 1 aromatic heterocycles. The second-order valence-electron chi connectivity index (χ2n) is 4.14. The molecule has 0 spiro atoms. The van der Waals surface area contributed by atoms with Gasteiger partial charge in [0.1, 0.15) is 5.15 Å². The summed E-state index contributed by atoms with van der Waals surface area (Å²) in [6, 6.07) is 11.7. The van der Waals surface area contributed by atoms with Crippen molar-refractivity contribution in [3.05, 3.63) is 70.5 Å². The molecule has 4 heteroatoms. The number of halogens is 1. The van der Waals surface area contributed by atoms with Gasteiger partial charge >= 0.3 is 0 Å². The predicted molar refractivity (Wildman–Crippen MR) is 72.3 cm³/mol. The van der Waals surface area contributed by atoms with Crippen molar-refractivity contribution in [3.8, 4) is 0 Å². The number of pyridine rings is 1. The zero-order valence-electron chi connectivity index (χ0n) is 9.76. The van der Waals surface area contributed by atoms with E-state index < -0.39 is 0 Å². The Labute approximate surface area is 114 Å². The van der Waals surface area contributed by atoms with Gasteiger partial charge in [0.05, 0.1) is 11.3 Å². The Bertz CT molecular complexity index is 734. The number of allylic oxidation sites excluding steroid dienone is 2. The lowest BCUT2D eigenvalue weighted by Crippen LogP contribution is -2.16. The fourth-order valence-corrected chi connectivity index (χ4v) is 2.23. The number of hydrogen-bond donors (Lipinski definition) is 0. The molecule has 19 heavy (non-hydrogen) atoms. The molecule has 0 bridgehead atoms. The average Bonchev–Trinajstić information content (AvgIpc) is 2.43. The molecule has 92 valence electrons. The van der Waals surface area contributed by atoms with Crippen molar-refractivity contribution in [2.24, 2.45) is 0 Å². The Morgan fingerprint density at radius 1 is 0.895 bits per heavy atom. The summed E-state index contributed by atoms with van der Waals surface area (Å²) in [7, 11) is 0. The van der Waals surface area contributed by atoms with Crippen LogP contribution in [0.2, 0.25) is 5.15 Å². The second kappa shape index (κ2) is 4.44. The monoisotopic (exact) mass is 269 g/mol. The minimum Gasteiger partial charge on any atom is -0.289 e. The molecular formula is C15H8ClNO2. The number of Topliss-reactive ketones (excluding diaryl/α,β-unsaturated/α-hetero) is 1. The van der Waals surface area contributed by atoms with E-state index in [4.69, 9.17) is 11.6 Å². The van der Waals surface area contributed by atoms with Crippen LogP contribution in [0.1, 0.15) is 26.4 Å². The van der Waals surface area contributed by atoms with E-state index >= 15 is 0 Å². The number of ketones is 2. The molecule has 0 radical (unpaired) electrons. The van der Waals surface area contributed by atoms with Gasteiger partial charge in [0.2, 0.25) is 0 Å². The molecule has 0 amide bonds. The number of carbonyl (C=O) groups is 2. The van der Waals surface area contributed by atoms with Crippen LogP contribution in [0.3, 0.4) is 0 Å².